The van der Waals surface area contributed by atoms with Crippen molar-refractivity contribution in [2.75, 3.05) is 51.4 Å². The van der Waals surface area contributed by atoms with Crippen molar-refractivity contribution in [3.63, 3.8) is 0 Å². The fraction of sp³-hybridized carbons (Fsp3) is 0.581. The van der Waals surface area contributed by atoms with Crippen LogP contribution < -0.4 is 14.8 Å². The molecule has 0 aromatic heterocycles. The van der Waals surface area contributed by atoms with Gasteiger partial charge in [0.05, 0.1) is 23.5 Å². The molecule has 0 bridgehead atoms. The Bertz CT molecular complexity index is 1650. The van der Waals surface area contributed by atoms with Gasteiger partial charge in [-0.15, -0.1) is 18.3 Å². The summed E-state index contributed by atoms with van der Waals surface area (Å²) < 4.78 is 20.7. The van der Waals surface area contributed by atoms with E-state index in [0.717, 1.165) is 97.1 Å². The molecule has 2 heterocycles. The maximum absolute atomic E-state index is 11.8. The zero-order valence-electron chi connectivity index (χ0n) is 32.4. The van der Waals surface area contributed by atoms with Crippen molar-refractivity contribution in [2.24, 2.45) is 22.9 Å². The molecule has 2 fully saturated rings. The summed E-state index contributed by atoms with van der Waals surface area (Å²) in [5.74, 6) is 0.561. The summed E-state index contributed by atoms with van der Waals surface area (Å²) in [6.07, 6.45) is 9.84. The lowest BCUT2D eigenvalue weighted by molar-refractivity contribution is -0.223. The number of nitrogens with one attached hydrogen (secondary N) is 1. The molecule has 10 nitrogen and oxygen atoms in total. The van der Waals surface area contributed by atoms with Crippen LogP contribution >= 0.6 is 11.8 Å². The third kappa shape index (κ3) is 9.71. The Hall–Kier alpha value is -3.35. The SMILES string of the molecule is C=CCOC12Oc3ccc(OCCN4CC4)cc3C3C(CCCCO)C(CCCCO)C=C(C(=NOC(C)(C)C)CC1Sc1ccc(NC(C)=O)cc1)C32. The maximum atomic E-state index is 11.8. The van der Waals surface area contributed by atoms with Crippen LogP contribution in [-0.2, 0) is 14.4 Å². The van der Waals surface area contributed by atoms with Gasteiger partial charge in [-0.3, -0.25) is 9.69 Å². The molecule has 294 valence electrons. The zero-order chi connectivity index (χ0) is 38.3. The second-order valence-corrected chi connectivity index (χ2v) is 17.2. The second-order valence-electron chi connectivity index (χ2n) is 16.0. The highest BCUT2D eigenvalue weighted by atomic mass is 32.2. The number of fused-ring (bicyclic) bond motifs is 2. The predicted molar refractivity (Wildman–Crippen MR) is 214 cm³/mol. The minimum Gasteiger partial charge on any atom is -0.492 e. The summed E-state index contributed by atoms with van der Waals surface area (Å²) in [4.78, 5) is 21.3. The molecule has 3 N–H and O–H groups in total. The summed E-state index contributed by atoms with van der Waals surface area (Å²) in [5.41, 5.74) is 3.33. The number of aliphatic hydroxyl groups is 2. The molecule has 2 aliphatic carbocycles. The number of allylic oxidation sites excluding steroid dienone is 1. The quantitative estimate of drug-likeness (QED) is 0.0577. The number of aliphatic hydroxyl groups excluding tert-OH is 2. The number of amides is 1. The zero-order valence-corrected chi connectivity index (χ0v) is 33.2. The first-order valence-electron chi connectivity index (χ1n) is 19.7. The average molecular weight is 762 g/mol. The van der Waals surface area contributed by atoms with Crippen molar-refractivity contribution >= 4 is 29.1 Å². The van der Waals surface area contributed by atoms with Crippen molar-refractivity contribution in [3.05, 3.63) is 72.3 Å². The second kappa shape index (κ2) is 18.1. The molecule has 2 aromatic carbocycles. The summed E-state index contributed by atoms with van der Waals surface area (Å²) in [6.45, 7) is 16.0. The van der Waals surface area contributed by atoms with Crippen molar-refractivity contribution in [1.29, 1.82) is 0 Å². The maximum Gasteiger partial charge on any atom is 0.231 e. The molecule has 2 aliphatic heterocycles. The Kier molecular flexibility index (Phi) is 13.5. The van der Waals surface area contributed by atoms with Crippen molar-refractivity contribution in [2.45, 2.75) is 100 Å². The molecular weight excluding hydrogens is 703 g/mol. The van der Waals surface area contributed by atoms with Gasteiger partial charge >= 0.3 is 0 Å². The van der Waals surface area contributed by atoms with Gasteiger partial charge in [-0.1, -0.05) is 30.1 Å². The van der Waals surface area contributed by atoms with Crippen LogP contribution in [0.5, 0.6) is 11.5 Å². The first-order valence-corrected chi connectivity index (χ1v) is 20.6. The van der Waals surface area contributed by atoms with E-state index in [-0.39, 0.29) is 48.0 Å². The van der Waals surface area contributed by atoms with Gasteiger partial charge in [0.15, 0.2) is 0 Å². The van der Waals surface area contributed by atoms with E-state index in [2.05, 4.69) is 35.0 Å². The number of carbonyl (C=O) groups excluding carboxylic acids is 1. The number of thioether (sulfide) groups is 1. The highest BCUT2D eigenvalue weighted by molar-refractivity contribution is 8.00. The topological polar surface area (TPSA) is 122 Å². The van der Waals surface area contributed by atoms with E-state index in [4.69, 9.17) is 24.2 Å². The highest BCUT2D eigenvalue weighted by Crippen LogP contribution is 2.63. The number of benzene rings is 2. The minimum absolute atomic E-state index is 0.0162. The third-order valence-corrected chi connectivity index (χ3v) is 12.0. The number of unbranched alkanes of at least 4 members (excludes halogenated alkanes) is 2. The van der Waals surface area contributed by atoms with Gasteiger partial charge in [-0.25, -0.2) is 0 Å². The van der Waals surface area contributed by atoms with Gasteiger partial charge < -0.3 is 34.6 Å². The Labute approximate surface area is 325 Å². The number of anilines is 1. The van der Waals surface area contributed by atoms with Gasteiger partial charge in [0, 0.05) is 68.3 Å². The van der Waals surface area contributed by atoms with Crippen molar-refractivity contribution < 1.29 is 34.1 Å². The molecule has 6 rings (SSSR count). The van der Waals surface area contributed by atoms with Crippen LogP contribution in [0.3, 0.4) is 0 Å². The number of oxime groups is 1. The van der Waals surface area contributed by atoms with Crippen LogP contribution in [-0.4, -0.2) is 89.4 Å². The lowest BCUT2D eigenvalue weighted by atomic mass is 9.56. The molecule has 2 aromatic rings. The molecule has 1 saturated heterocycles. The molecule has 54 heavy (non-hydrogen) atoms. The van der Waals surface area contributed by atoms with Crippen LogP contribution in [0.25, 0.3) is 0 Å². The predicted octanol–water partition coefficient (Wildman–Crippen LogP) is 7.56. The molecule has 6 atom stereocenters. The largest absolute Gasteiger partial charge is 0.492 e. The van der Waals surface area contributed by atoms with E-state index in [9.17, 15) is 15.0 Å². The lowest BCUT2D eigenvalue weighted by Crippen LogP contribution is -2.64. The number of rotatable bonds is 19. The molecule has 4 aliphatic rings. The van der Waals surface area contributed by atoms with E-state index in [1.165, 1.54) is 6.92 Å². The number of carbonyl (C=O) groups is 1. The van der Waals surface area contributed by atoms with Gasteiger partial charge in [0.2, 0.25) is 11.7 Å². The average Bonchev–Trinajstić information content (AvgIpc) is 3.97. The molecule has 11 heteroatoms. The summed E-state index contributed by atoms with van der Waals surface area (Å²) in [5, 5.41) is 27.2. The summed E-state index contributed by atoms with van der Waals surface area (Å²) in [7, 11) is 0. The Morgan fingerprint density at radius 2 is 1.83 bits per heavy atom. The minimum atomic E-state index is -1.09. The number of hydrogen-bond acceptors (Lipinski definition) is 10. The fourth-order valence-electron chi connectivity index (χ4n) is 8.28. The molecule has 1 saturated carbocycles. The van der Waals surface area contributed by atoms with Gasteiger partial charge in [0.25, 0.3) is 0 Å². The van der Waals surface area contributed by atoms with Crippen LogP contribution in [0.1, 0.15) is 84.1 Å². The molecule has 6 unspecified atom stereocenters. The van der Waals surface area contributed by atoms with Gasteiger partial charge in [0.1, 0.15) is 23.7 Å². The lowest BCUT2D eigenvalue weighted by Gasteiger charge is -2.58. The van der Waals surface area contributed by atoms with Crippen LogP contribution in [0.2, 0.25) is 0 Å². The fourth-order valence-corrected chi connectivity index (χ4v) is 9.57. The number of hydrogen-bond donors (Lipinski definition) is 3. The molecule has 0 spiro atoms. The van der Waals surface area contributed by atoms with Crippen LogP contribution in [0, 0.1) is 17.8 Å². The van der Waals surface area contributed by atoms with E-state index in [1.807, 2.05) is 51.1 Å². The smallest absolute Gasteiger partial charge is 0.231 e. The Morgan fingerprint density at radius 3 is 2.50 bits per heavy atom. The van der Waals surface area contributed by atoms with E-state index in [1.54, 1.807) is 17.8 Å². The Morgan fingerprint density at radius 1 is 1.09 bits per heavy atom. The molecule has 1 amide bonds. The third-order valence-electron chi connectivity index (χ3n) is 10.7. The van der Waals surface area contributed by atoms with E-state index < -0.39 is 11.4 Å². The monoisotopic (exact) mass is 761 g/mol. The van der Waals surface area contributed by atoms with E-state index in [0.29, 0.717) is 19.6 Å². The van der Waals surface area contributed by atoms with Gasteiger partial charge in [-0.05, 0) is 106 Å². The first kappa shape index (κ1) is 40.3. The molecular formula is C43H59N3O7S. The van der Waals surface area contributed by atoms with Crippen LogP contribution in [0.15, 0.2) is 76.8 Å². The highest BCUT2D eigenvalue weighted by Gasteiger charge is 2.64. The van der Waals surface area contributed by atoms with E-state index >= 15 is 0 Å². The van der Waals surface area contributed by atoms with Crippen LogP contribution in [0.4, 0.5) is 5.69 Å². The molecule has 0 radical (unpaired) electrons. The Balaban J connectivity index is 1.51. The van der Waals surface area contributed by atoms with Gasteiger partial charge in [-0.2, -0.15) is 0 Å². The summed E-state index contributed by atoms with van der Waals surface area (Å²) in [6, 6.07) is 14.1. The number of ether oxygens (including phenoxy) is 3. The summed E-state index contributed by atoms with van der Waals surface area (Å²) >= 11 is 1.69. The normalized spacial score (nSPS) is 26.6. The number of nitrogens with zero attached hydrogens (tertiary/aromatic N) is 2. The first-order chi connectivity index (χ1) is 26.0. The van der Waals surface area contributed by atoms with Crippen molar-refractivity contribution in [1.82, 2.24) is 4.90 Å². The standard InChI is InChI=1S/C43H59N3O7S/c1-6-24-51-43-39(54-33-16-13-31(14-17-33)44-29(2)49)28-37(45-53-42(3,4)5)35-26-30(11-7-9-22-47)34(12-8-10-23-48)40(41(35)43)36-27-32(15-18-38(36)52-43)50-25-21-46-19-20-46/h6,13-18,26-27,30,34,39-41,47-48H,1,7-12,19-25,28H2,2-5H3,(H,44,49). The van der Waals surface area contributed by atoms with Crippen molar-refractivity contribution in [3.8, 4) is 11.5 Å².